The van der Waals surface area contributed by atoms with Crippen LogP contribution in [-0.4, -0.2) is 26.4 Å². The molecule has 0 amide bonds. The monoisotopic (exact) mass is 340 g/mol. The summed E-state index contributed by atoms with van der Waals surface area (Å²) in [6.45, 7) is 1.58. The summed E-state index contributed by atoms with van der Waals surface area (Å²) in [5, 5.41) is 9.09. The minimum Gasteiger partial charge on any atom is -0.357 e. The van der Waals surface area contributed by atoms with Crippen LogP contribution in [0.3, 0.4) is 0 Å². The van der Waals surface area contributed by atoms with Gasteiger partial charge in [-0.3, -0.25) is 4.79 Å². The highest BCUT2D eigenvalue weighted by atomic mass is 32.1. The largest absolute Gasteiger partial charge is 0.357 e. The number of carbonyl (C=O) groups is 1. The number of nitrogens with one attached hydrogen (secondary N) is 1. The van der Waals surface area contributed by atoms with E-state index < -0.39 is 0 Å². The molecule has 0 unspecified atom stereocenters. The van der Waals surface area contributed by atoms with Crippen LogP contribution in [0.1, 0.15) is 49.4 Å². The molecule has 1 aromatic carbocycles. The van der Waals surface area contributed by atoms with Gasteiger partial charge in [0.05, 0.1) is 11.9 Å². The molecule has 6 heteroatoms. The SMILES string of the molecule is CC(=O)c1cccc(-c2cn3nc(NC4CCCCC4)sc3n2)c1. The first kappa shape index (κ1) is 15.3. The fourth-order valence-electron chi connectivity index (χ4n) is 3.22. The number of benzene rings is 1. The number of imidazole rings is 1. The Morgan fingerprint density at radius 2 is 2.12 bits per heavy atom. The number of fused-ring (bicyclic) bond motifs is 1. The molecule has 0 saturated heterocycles. The smallest absolute Gasteiger partial charge is 0.214 e. The molecule has 1 aliphatic carbocycles. The molecule has 0 aliphatic heterocycles. The van der Waals surface area contributed by atoms with Crippen molar-refractivity contribution in [3.05, 3.63) is 36.0 Å². The van der Waals surface area contributed by atoms with Gasteiger partial charge < -0.3 is 5.32 Å². The fraction of sp³-hybridized carbons (Fsp3) is 0.389. The van der Waals surface area contributed by atoms with Crippen molar-refractivity contribution >= 4 is 27.2 Å². The van der Waals surface area contributed by atoms with Crippen molar-refractivity contribution < 1.29 is 4.79 Å². The number of hydrogen-bond acceptors (Lipinski definition) is 5. The predicted molar refractivity (Wildman–Crippen MR) is 96.8 cm³/mol. The second-order valence-electron chi connectivity index (χ2n) is 6.38. The van der Waals surface area contributed by atoms with Crippen molar-refractivity contribution in [3.8, 4) is 11.3 Å². The van der Waals surface area contributed by atoms with Crippen LogP contribution in [0.15, 0.2) is 30.5 Å². The average Bonchev–Trinajstić information content (AvgIpc) is 3.14. The summed E-state index contributed by atoms with van der Waals surface area (Å²) in [6, 6.07) is 8.12. The number of hydrogen-bond donors (Lipinski definition) is 1. The second kappa shape index (κ2) is 6.36. The molecule has 124 valence electrons. The molecular weight excluding hydrogens is 320 g/mol. The molecular formula is C18H20N4OS. The quantitative estimate of drug-likeness (QED) is 0.715. The molecule has 0 radical (unpaired) electrons. The zero-order chi connectivity index (χ0) is 16.5. The Morgan fingerprint density at radius 1 is 1.29 bits per heavy atom. The summed E-state index contributed by atoms with van der Waals surface area (Å²) in [5.41, 5.74) is 2.50. The molecule has 3 aromatic rings. The van der Waals surface area contributed by atoms with Crippen LogP contribution < -0.4 is 5.32 Å². The van der Waals surface area contributed by atoms with Crippen LogP contribution in [-0.2, 0) is 0 Å². The minimum absolute atomic E-state index is 0.0648. The normalized spacial score (nSPS) is 15.7. The zero-order valence-electron chi connectivity index (χ0n) is 13.7. The lowest BCUT2D eigenvalue weighted by atomic mass is 9.96. The first-order valence-corrected chi connectivity index (χ1v) is 9.25. The third-order valence-corrected chi connectivity index (χ3v) is 5.39. The maximum absolute atomic E-state index is 11.5. The molecule has 2 heterocycles. The Balaban J connectivity index is 1.57. The third-order valence-electron chi connectivity index (χ3n) is 4.54. The van der Waals surface area contributed by atoms with E-state index in [0.29, 0.717) is 11.6 Å². The van der Waals surface area contributed by atoms with Gasteiger partial charge in [-0.15, -0.1) is 5.10 Å². The van der Waals surface area contributed by atoms with Gasteiger partial charge in [0.25, 0.3) is 0 Å². The Labute approximate surface area is 144 Å². The van der Waals surface area contributed by atoms with Crippen LogP contribution in [0.2, 0.25) is 0 Å². The lowest BCUT2D eigenvalue weighted by Gasteiger charge is -2.21. The van der Waals surface area contributed by atoms with Crippen LogP contribution in [0.5, 0.6) is 0 Å². The Kier molecular flexibility index (Phi) is 4.06. The van der Waals surface area contributed by atoms with Crippen molar-refractivity contribution in [1.29, 1.82) is 0 Å². The topological polar surface area (TPSA) is 59.3 Å². The van der Waals surface area contributed by atoms with Crippen molar-refractivity contribution in [2.24, 2.45) is 0 Å². The van der Waals surface area contributed by atoms with Gasteiger partial charge in [0.1, 0.15) is 0 Å². The molecule has 1 N–H and O–H groups in total. The highest BCUT2D eigenvalue weighted by molar-refractivity contribution is 7.20. The lowest BCUT2D eigenvalue weighted by molar-refractivity contribution is 0.101. The van der Waals surface area contributed by atoms with Crippen molar-refractivity contribution in [2.75, 3.05) is 5.32 Å². The number of rotatable bonds is 4. The highest BCUT2D eigenvalue weighted by Crippen LogP contribution is 2.27. The van der Waals surface area contributed by atoms with E-state index in [2.05, 4.69) is 15.4 Å². The van der Waals surface area contributed by atoms with E-state index in [1.54, 1.807) is 18.3 Å². The molecule has 0 atom stereocenters. The number of ketones is 1. The van der Waals surface area contributed by atoms with E-state index in [1.165, 1.54) is 32.1 Å². The Morgan fingerprint density at radius 3 is 2.88 bits per heavy atom. The first-order valence-electron chi connectivity index (χ1n) is 8.43. The van der Waals surface area contributed by atoms with Gasteiger partial charge in [-0.25, -0.2) is 9.50 Å². The summed E-state index contributed by atoms with van der Waals surface area (Å²) in [6.07, 6.45) is 8.34. The Hall–Kier alpha value is -2.21. The third kappa shape index (κ3) is 3.06. The van der Waals surface area contributed by atoms with Crippen LogP contribution in [0.25, 0.3) is 16.2 Å². The predicted octanol–water partition coefficient (Wildman–Crippen LogP) is 4.41. The molecule has 5 nitrogen and oxygen atoms in total. The van der Waals surface area contributed by atoms with Crippen molar-refractivity contribution in [1.82, 2.24) is 14.6 Å². The maximum Gasteiger partial charge on any atom is 0.214 e. The molecule has 2 aromatic heterocycles. The Bertz CT molecular complexity index is 845. The van der Waals surface area contributed by atoms with E-state index in [4.69, 9.17) is 0 Å². The van der Waals surface area contributed by atoms with Crippen molar-refractivity contribution in [3.63, 3.8) is 0 Å². The summed E-state index contributed by atoms with van der Waals surface area (Å²) in [4.78, 5) is 17.1. The molecule has 24 heavy (non-hydrogen) atoms. The first-order chi connectivity index (χ1) is 11.7. The summed E-state index contributed by atoms with van der Waals surface area (Å²) in [7, 11) is 0. The van der Waals surface area contributed by atoms with E-state index in [0.717, 1.165) is 21.3 Å². The highest BCUT2D eigenvalue weighted by Gasteiger charge is 2.16. The molecule has 1 fully saturated rings. The number of carbonyl (C=O) groups excluding carboxylic acids is 1. The van der Waals surface area contributed by atoms with Crippen LogP contribution in [0.4, 0.5) is 5.13 Å². The molecule has 4 rings (SSSR count). The average molecular weight is 340 g/mol. The van der Waals surface area contributed by atoms with E-state index in [1.807, 2.05) is 35.0 Å². The number of anilines is 1. The maximum atomic E-state index is 11.5. The lowest BCUT2D eigenvalue weighted by Crippen LogP contribution is -2.22. The van der Waals surface area contributed by atoms with E-state index in [-0.39, 0.29) is 5.78 Å². The standard InChI is InChI=1S/C18H20N4OS/c1-12(23)13-6-5-7-14(10-13)16-11-22-18(20-16)24-17(21-22)19-15-8-3-2-4-9-15/h5-7,10-11,15H,2-4,8-9H2,1H3,(H,19,21). The molecule has 0 bridgehead atoms. The minimum atomic E-state index is 0.0648. The number of Topliss-reactive ketones (excluding diaryl/α,β-unsaturated/α-hetero) is 1. The fourth-order valence-corrected chi connectivity index (χ4v) is 4.07. The molecule has 1 aliphatic rings. The van der Waals surface area contributed by atoms with Gasteiger partial charge >= 0.3 is 0 Å². The molecule has 1 saturated carbocycles. The summed E-state index contributed by atoms with van der Waals surface area (Å²) in [5.74, 6) is 0.0648. The van der Waals surface area contributed by atoms with Gasteiger partial charge in [0.2, 0.25) is 10.1 Å². The van der Waals surface area contributed by atoms with Gasteiger partial charge in [0.15, 0.2) is 5.78 Å². The van der Waals surface area contributed by atoms with E-state index >= 15 is 0 Å². The van der Waals surface area contributed by atoms with Crippen LogP contribution >= 0.6 is 11.3 Å². The van der Waals surface area contributed by atoms with E-state index in [9.17, 15) is 4.79 Å². The van der Waals surface area contributed by atoms with Gasteiger partial charge in [-0.2, -0.15) is 0 Å². The van der Waals surface area contributed by atoms with Crippen molar-refractivity contribution in [2.45, 2.75) is 45.1 Å². The molecule has 0 spiro atoms. The number of nitrogens with zero attached hydrogens (tertiary/aromatic N) is 3. The summed E-state index contributed by atoms with van der Waals surface area (Å²) < 4.78 is 1.83. The van der Waals surface area contributed by atoms with Crippen LogP contribution in [0, 0.1) is 0 Å². The second-order valence-corrected chi connectivity index (χ2v) is 7.33. The van der Waals surface area contributed by atoms with Gasteiger partial charge in [-0.1, -0.05) is 48.8 Å². The van der Waals surface area contributed by atoms with Gasteiger partial charge in [-0.05, 0) is 25.8 Å². The van der Waals surface area contributed by atoms with Gasteiger partial charge in [0, 0.05) is 17.2 Å². The number of aromatic nitrogens is 3. The zero-order valence-corrected chi connectivity index (χ0v) is 14.5. The summed E-state index contributed by atoms with van der Waals surface area (Å²) >= 11 is 1.58.